The molecule has 0 spiro atoms. The number of rotatable bonds is 5. The summed E-state index contributed by atoms with van der Waals surface area (Å²) < 4.78 is 13.3. The number of hydrogen-bond donors (Lipinski definition) is 1. The van der Waals surface area contributed by atoms with Gasteiger partial charge in [0.25, 0.3) is 0 Å². The molecule has 1 aromatic carbocycles. The van der Waals surface area contributed by atoms with E-state index in [0.29, 0.717) is 12.0 Å². The van der Waals surface area contributed by atoms with Gasteiger partial charge in [-0.3, -0.25) is 0 Å². The van der Waals surface area contributed by atoms with Crippen molar-refractivity contribution in [2.45, 2.75) is 45.1 Å². The van der Waals surface area contributed by atoms with Gasteiger partial charge >= 0.3 is 0 Å². The number of unbranched alkanes of at least 4 members (excludes halogenated alkanes) is 1. The van der Waals surface area contributed by atoms with Crippen molar-refractivity contribution in [1.82, 2.24) is 0 Å². The summed E-state index contributed by atoms with van der Waals surface area (Å²) in [6, 6.07) is 6.63. The van der Waals surface area contributed by atoms with E-state index in [1.807, 2.05) is 0 Å². The SMILES string of the molecule is CCCCC(C)(O)Cc1ccccc1F. The summed E-state index contributed by atoms with van der Waals surface area (Å²) in [5, 5.41) is 10.1. The van der Waals surface area contributed by atoms with Crippen LogP contribution in [-0.2, 0) is 6.42 Å². The lowest BCUT2D eigenvalue weighted by molar-refractivity contribution is 0.0481. The Labute approximate surface area is 90.9 Å². The molecule has 1 N–H and O–H groups in total. The molecule has 84 valence electrons. The monoisotopic (exact) mass is 210 g/mol. The first-order valence-corrected chi connectivity index (χ1v) is 5.51. The van der Waals surface area contributed by atoms with Crippen LogP contribution in [0.15, 0.2) is 24.3 Å². The lowest BCUT2D eigenvalue weighted by Gasteiger charge is -2.23. The van der Waals surface area contributed by atoms with Gasteiger partial charge in [-0.15, -0.1) is 0 Å². The smallest absolute Gasteiger partial charge is 0.126 e. The van der Waals surface area contributed by atoms with Crippen LogP contribution in [0.1, 0.15) is 38.7 Å². The molecule has 0 aromatic heterocycles. The number of aliphatic hydroxyl groups is 1. The van der Waals surface area contributed by atoms with Crippen molar-refractivity contribution >= 4 is 0 Å². The van der Waals surface area contributed by atoms with Crippen molar-refractivity contribution in [3.05, 3.63) is 35.6 Å². The van der Waals surface area contributed by atoms with E-state index in [9.17, 15) is 9.50 Å². The van der Waals surface area contributed by atoms with Gasteiger partial charge in [0.05, 0.1) is 5.60 Å². The van der Waals surface area contributed by atoms with Crippen LogP contribution in [0.4, 0.5) is 4.39 Å². The molecule has 0 aliphatic carbocycles. The Kier molecular flexibility index (Phi) is 4.28. The molecule has 2 heteroatoms. The first-order chi connectivity index (χ1) is 7.05. The van der Waals surface area contributed by atoms with Gasteiger partial charge in [-0.2, -0.15) is 0 Å². The van der Waals surface area contributed by atoms with Crippen LogP contribution >= 0.6 is 0 Å². The number of benzene rings is 1. The Bertz CT molecular complexity index is 307. The number of hydrogen-bond acceptors (Lipinski definition) is 1. The molecule has 0 amide bonds. The van der Waals surface area contributed by atoms with Crippen LogP contribution < -0.4 is 0 Å². The first-order valence-electron chi connectivity index (χ1n) is 5.51. The maximum atomic E-state index is 13.3. The van der Waals surface area contributed by atoms with E-state index in [1.165, 1.54) is 6.07 Å². The molecule has 1 unspecified atom stereocenters. The van der Waals surface area contributed by atoms with Crippen LogP contribution in [0.5, 0.6) is 0 Å². The highest BCUT2D eigenvalue weighted by Crippen LogP contribution is 2.21. The summed E-state index contributed by atoms with van der Waals surface area (Å²) in [4.78, 5) is 0. The summed E-state index contributed by atoms with van der Waals surface area (Å²) in [5.41, 5.74) is -0.198. The highest BCUT2D eigenvalue weighted by atomic mass is 19.1. The van der Waals surface area contributed by atoms with E-state index in [2.05, 4.69) is 6.92 Å². The minimum absolute atomic E-state index is 0.228. The van der Waals surface area contributed by atoms with Crippen LogP contribution in [0.3, 0.4) is 0 Å². The van der Waals surface area contributed by atoms with Gasteiger partial charge < -0.3 is 5.11 Å². The van der Waals surface area contributed by atoms with Crippen LogP contribution in [-0.4, -0.2) is 10.7 Å². The molecule has 1 rings (SSSR count). The third kappa shape index (κ3) is 4.00. The van der Waals surface area contributed by atoms with Gasteiger partial charge in [-0.25, -0.2) is 4.39 Å². The van der Waals surface area contributed by atoms with Crippen molar-refractivity contribution in [2.24, 2.45) is 0 Å². The molecule has 0 bridgehead atoms. The third-order valence-electron chi connectivity index (χ3n) is 2.60. The minimum atomic E-state index is -0.793. The lowest BCUT2D eigenvalue weighted by atomic mass is 9.91. The van der Waals surface area contributed by atoms with Crippen LogP contribution in [0.2, 0.25) is 0 Å². The molecule has 1 nitrogen and oxygen atoms in total. The Morgan fingerprint density at radius 1 is 1.33 bits per heavy atom. The van der Waals surface area contributed by atoms with Gasteiger partial charge in [0.2, 0.25) is 0 Å². The quantitative estimate of drug-likeness (QED) is 0.790. The maximum Gasteiger partial charge on any atom is 0.126 e. The van der Waals surface area contributed by atoms with Crippen molar-refractivity contribution in [2.75, 3.05) is 0 Å². The second kappa shape index (κ2) is 5.26. The zero-order valence-electron chi connectivity index (χ0n) is 9.46. The van der Waals surface area contributed by atoms with Crippen molar-refractivity contribution in [1.29, 1.82) is 0 Å². The van der Waals surface area contributed by atoms with Gasteiger partial charge in [-0.1, -0.05) is 38.0 Å². The molecule has 0 aliphatic rings. The van der Waals surface area contributed by atoms with Gasteiger partial charge in [0.1, 0.15) is 5.82 Å². The Morgan fingerprint density at radius 3 is 2.60 bits per heavy atom. The fourth-order valence-electron chi connectivity index (χ4n) is 1.70. The van der Waals surface area contributed by atoms with E-state index in [4.69, 9.17) is 0 Å². The molecule has 0 saturated carbocycles. The standard InChI is InChI=1S/C13H19FO/c1-3-4-9-13(2,15)10-11-7-5-6-8-12(11)14/h5-8,15H,3-4,9-10H2,1-2H3. The maximum absolute atomic E-state index is 13.3. The fourth-order valence-corrected chi connectivity index (χ4v) is 1.70. The lowest BCUT2D eigenvalue weighted by Crippen LogP contribution is -2.27. The summed E-state index contributed by atoms with van der Waals surface area (Å²) in [5.74, 6) is -0.228. The third-order valence-corrected chi connectivity index (χ3v) is 2.60. The molecular weight excluding hydrogens is 191 g/mol. The van der Waals surface area contributed by atoms with Crippen molar-refractivity contribution in [3.63, 3.8) is 0 Å². The van der Waals surface area contributed by atoms with Crippen LogP contribution in [0.25, 0.3) is 0 Å². The summed E-state index contributed by atoms with van der Waals surface area (Å²) in [7, 11) is 0. The summed E-state index contributed by atoms with van der Waals surface area (Å²) >= 11 is 0. The first kappa shape index (κ1) is 12.2. The van der Waals surface area contributed by atoms with Gasteiger partial charge in [-0.05, 0) is 25.0 Å². The van der Waals surface area contributed by atoms with E-state index < -0.39 is 5.60 Å². The topological polar surface area (TPSA) is 20.2 Å². The summed E-state index contributed by atoms with van der Waals surface area (Å²) in [6.45, 7) is 3.86. The largest absolute Gasteiger partial charge is 0.390 e. The molecule has 15 heavy (non-hydrogen) atoms. The fraction of sp³-hybridized carbons (Fsp3) is 0.538. The molecule has 0 heterocycles. The van der Waals surface area contributed by atoms with E-state index in [-0.39, 0.29) is 5.82 Å². The zero-order chi connectivity index (χ0) is 11.3. The number of halogens is 1. The second-order valence-electron chi connectivity index (χ2n) is 4.37. The van der Waals surface area contributed by atoms with Gasteiger partial charge in [0, 0.05) is 6.42 Å². The molecule has 1 aromatic rings. The zero-order valence-corrected chi connectivity index (χ0v) is 9.46. The normalized spacial score (nSPS) is 14.9. The van der Waals surface area contributed by atoms with Crippen molar-refractivity contribution < 1.29 is 9.50 Å². The Balaban J connectivity index is 2.64. The van der Waals surface area contributed by atoms with E-state index >= 15 is 0 Å². The highest BCUT2D eigenvalue weighted by molar-refractivity contribution is 5.19. The molecule has 0 aliphatic heterocycles. The van der Waals surface area contributed by atoms with E-state index in [0.717, 1.165) is 19.3 Å². The molecular formula is C13H19FO. The predicted octanol–water partition coefficient (Wildman–Crippen LogP) is 3.31. The van der Waals surface area contributed by atoms with Gasteiger partial charge in [0.15, 0.2) is 0 Å². The summed E-state index contributed by atoms with van der Waals surface area (Å²) in [6.07, 6.45) is 3.13. The van der Waals surface area contributed by atoms with Crippen LogP contribution in [0, 0.1) is 5.82 Å². The minimum Gasteiger partial charge on any atom is -0.390 e. The average molecular weight is 210 g/mol. The molecule has 0 fully saturated rings. The van der Waals surface area contributed by atoms with E-state index in [1.54, 1.807) is 25.1 Å². The Hall–Kier alpha value is -0.890. The predicted molar refractivity (Wildman–Crippen MR) is 60.3 cm³/mol. The molecule has 0 saturated heterocycles. The molecule has 0 radical (unpaired) electrons. The molecule has 1 atom stereocenters. The second-order valence-corrected chi connectivity index (χ2v) is 4.37. The highest BCUT2D eigenvalue weighted by Gasteiger charge is 2.21. The van der Waals surface area contributed by atoms with Crippen molar-refractivity contribution in [3.8, 4) is 0 Å². The Morgan fingerprint density at radius 2 is 2.00 bits per heavy atom. The average Bonchev–Trinajstić information content (AvgIpc) is 2.18.